The van der Waals surface area contributed by atoms with Gasteiger partial charge >= 0.3 is 17.9 Å². The second kappa shape index (κ2) is 36.6. The molecule has 102 heavy (non-hydrogen) atoms. The van der Waals surface area contributed by atoms with E-state index in [0.717, 1.165) is 18.2 Å². The fraction of sp³-hybridized carbons (Fsp3) is 0.866. The van der Waals surface area contributed by atoms with Crippen LogP contribution in [0.25, 0.3) is 0 Å². The number of allylic oxidation sites excluding steroid dienone is 3. The monoisotopic (exact) mass is 1470 g/mol. The van der Waals surface area contributed by atoms with Crippen LogP contribution in [0.3, 0.4) is 0 Å². The van der Waals surface area contributed by atoms with Crippen molar-refractivity contribution in [1.29, 1.82) is 0 Å². The van der Waals surface area contributed by atoms with Crippen LogP contribution in [0.5, 0.6) is 0 Å². The molecule has 10 fully saturated rings. The molecule has 582 valence electrons. The lowest BCUT2D eigenvalue weighted by molar-refractivity contribution is -0.387. The zero-order valence-electron chi connectivity index (χ0n) is 56.4. The normalized spacial score (nSPS) is 48.4. The lowest BCUT2D eigenvalue weighted by atomic mass is 9.72. The lowest BCUT2D eigenvalue weighted by Crippen LogP contribution is -2.66. The van der Waals surface area contributed by atoms with Crippen LogP contribution in [0.2, 0.25) is 0 Å². The third kappa shape index (κ3) is 19.8. The predicted octanol–water partition coefficient (Wildman–Crippen LogP) is -7.49. The Morgan fingerprint density at radius 1 is 0.382 bits per heavy atom. The van der Waals surface area contributed by atoms with Crippen molar-refractivity contribution in [1.82, 2.24) is 0 Å². The summed E-state index contributed by atoms with van der Waals surface area (Å²) in [6.45, 7) is -2.73. The minimum absolute atomic E-state index is 0.00679. The van der Waals surface area contributed by atoms with Crippen LogP contribution in [-0.4, -0.2) is 355 Å². The highest BCUT2D eigenvalue weighted by molar-refractivity contribution is 5.82. The predicted molar refractivity (Wildman–Crippen MR) is 337 cm³/mol. The molecule has 10 aliphatic rings. The number of carbonyl (C=O) groups is 3. The van der Waals surface area contributed by atoms with Crippen LogP contribution in [0, 0.1) is 29.6 Å². The number of hydrogen-bond donors (Lipinski definition) is 19. The Kier molecular flexibility index (Phi) is 29.0. The van der Waals surface area contributed by atoms with E-state index in [1.165, 1.54) is 25.3 Å². The molecule has 20 N–H and O–H groups in total. The van der Waals surface area contributed by atoms with E-state index >= 15 is 0 Å². The van der Waals surface area contributed by atoms with E-state index in [0.29, 0.717) is 38.5 Å². The second-order valence-corrected chi connectivity index (χ2v) is 29.0. The molecular weight excluding hydrogens is 1360 g/mol. The van der Waals surface area contributed by atoms with E-state index < -0.39 is 258 Å². The molecule has 35 nitrogen and oxygen atoms in total. The van der Waals surface area contributed by atoms with Gasteiger partial charge in [0.1, 0.15) is 124 Å². The Morgan fingerprint density at radius 3 is 1.35 bits per heavy atom. The van der Waals surface area contributed by atoms with Gasteiger partial charge in [0.15, 0.2) is 37.4 Å². The first-order chi connectivity index (χ1) is 48.6. The Balaban J connectivity index is 0.742. The van der Waals surface area contributed by atoms with Crippen LogP contribution in [0.15, 0.2) is 36.5 Å². The van der Waals surface area contributed by atoms with Crippen LogP contribution in [0.1, 0.15) is 96.3 Å². The number of ether oxygens (including phenoxy) is 13. The molecule has 0 amide bonds. The molecule has 0 spiro atoms. The molecular formula is C67H105O35+. The molecule has 35 heteroatoms. The number of aliphatic hydroxyl groups is 21. The lowest BCUT2D eigenvalue weighted by Gasteiger charge is -2.49. The average molecular weight is 1470 g/mol. The fourth-order valence-electron chi connectivity index (χ4n) is 15.8. The average Bonchev–Trinajstić information content (AvgIpc) is 0.771. The van der Waals surface area contributed by atoms with E-state index in [2.05, 4.69) is 0 Å². The summed E-state index contributed by atoms with van der Waals surface area (Å²) in [5.74, 6) is -4.70. The van der Waals surface area contributed by atoms with Gasteiger partial charge in [-0.15, -0.1) is 0 Å². The number of carbonyl (C=O) groups excluding carboxylic acids is 3. The van der Waals surface area contributed by atoms with Crippen molar-refractivity contribution in [2.24, 2.45) is 29.6 Å². The van der Waals surface area contributed by atoms with Crippen molar-refractivity contribution in [3.05, 3.63) is 36.5 Å². The van der Waals surface area contributed by atoms with Crippen molar-refractivity contribution in [3.8, 4) is 0 Å². The van der Waals surface area contributed by atoms with E-state index in [-0.39, 0.29) is 75.5 Å². The first-order valence-corrected chi connectivity index (χ1v) is 35.5. The van der Waals surface area contributed by atoms with Gasteiger partial charge in [0.2, 0.25) is 0 Å². The Hall–Kier alpha value is -3.53. The molecule has 5 aliphatic carbocycles. The zero-order valence-corrected chi connectivity index (χ0v) is 56.4. The fourth-order valence-corrected chi connectivity index (χ4v) is 15.8. The van der Waals surface area contributed by atoms with Gasteiger partial charge in [-0.25, -0.2) is 14.4 Å². The van der Waals surface area contributed by atoms with Crippen molar-refractivity contribution < 1.29 is 173 Å². The Morgan fingerprint density at radius 2 is 0.824 bits per heavy atom. The minimum Gasteiger partial charge on any atom is -0.460 e. The SMILES string of the molecule is COC1CC(C2[OH+]C3CC(O)CC(O)C3CC2O[C@@H]2O[C@H](COC(=O)C=CC3CCC(O[C@@H]4O[C@H](COC(=O)C=CC5CCC(O)C(O[C@@H]6O[C@H](CO)[C@@H](O)[C@H](O)[C@H]6O)C5)[C@@H](O)[C@H](O)[C@H]4O)C(O)C3)[C@@H](O)[C@H](O)[C@H]2O[C@@H]2O[C@H](COC(=O)C=CC3CCC(O)C(O)C3)[C@@H](O)[C@H](O)[C@H]2O)CCC1O. The molecule has 5 heterocycles. The third-order valence-electron chi connectivity index (χ3n) is 22.0. The summed E-state index contributed by atoms with van der Waals surface area (Å²) in [7, 11) is 1.46. The standard InChI is InChI=1S/C67H104O35/c1-90-41-19-30(8-11-34(41)71)62-43(22-32-36(73)20-31(69)21-40(32)94-62)97-67-63(102-66-61(89)57(85)53(81)46(100-66)25-92-48(76)13-5-27-2-9-33(70)37(74)16-27)58(86)54(82)47(101-67)26-93-49(77)14-6-28-4-12-39(38(75)17-28)95-64-60(88)56(84)52(80)45(99-64)24-91-50(78)15-7-29-3-10-35(72)42(18-29)96-65-59(87)55(83)51(79)44(23-68)98-65/h5-7,13-15,27-47,51-75,79-89H,2-4,8-12,16-26H2,1H3/p+1/t27?,28?,29?,30?,31?,32?,33?,34?,35?,36?,37?,38?,39?,40?,41?,42?,43?,44-,45-,46-,47-,51-,52-,53-,54-,55+,56+,57+,58+,59-,60-,61-,62?,63-,64-,65-,66+,67-/m1/s1. The minimum atomic E-state index is -2.05. The van der Waals surface area contributed by atoms with Gasteiger partial charge in [-0.3, -0.25) is 0 Å². The van der Waals surface area contributed by atoms with E-state index in [4.69, 9.17) is 61.6 Å². The van der Waals surface area contributed by atoms with Gasteiger partial charge < -0.3 is 159 Å². The van der Waals surface area contributed by atoms with Crippen LogP contribution in [0.4, 0.5) is 0 Å². The molecule has 10 rings (SSSR count). The molecule has 0 aromatic rings. The summed E-state index contributed by atoms with van der Waals surface area (Å²) in [5, 5.41) is 205. The summed E-state index contributed by atoms with van der Waals surface area (Å²) < 4.78 is 75.1. The molecule has 0 bridgehead atoms. The summed E-state index contributed by atoms with van der Waals surface area (Å²) in [6, 6.07) is 0. The summed E-state index contributed by atoms with van der Waals surface area (Å²) in [5.41, 5.74) is 0. The summed E-state index contributed by atoms with van der Waals surface area (Å²) in [6.07, 6.45) is -35.1. The van der Waals surface area contributed by atoms with Gasteiger partial charge in [-0.1, -0.05) is 18.2 Å². The maximum Gasteiger partial charge on any atom is 0.330 e. The maximum atomic E-state index is 13.5. The first-order valence-electron chi connectivity index (χ1n) is 35.5. The Bertz CT molecular complexity index is 2750. The third-order valence-corrected chi connectivity index (χ3v) is 22.0. The number of rotatable bonds is 23. The van der Waals surface area contributed by atoms with Crippen molar-refractivity contribution in [2.75, 3.05) is 33.5 Å². The molecule has 0 aromatic carbocycles. The summed E-state index contributed by atoms with van der Waals surface area (Å²) in [4.78, 5) is 39.3. The van der Waals surface area contributed by atoms with Crippen molar-refractivity contribution in [2.45, 2.75) is 298 Å². The van der Waals surface area contributed by atoms with Crippen LogP contribution in [-0.2, 0) is 71.2 Å². The van der Waals surface area contributed by atoms with Gasteiger partial charge in [0, 0.05) is 44.1 Å². The highest BCUT2D eigenvalue weighted by atomic mass is 16.8. The summed E-state index contributed by atoms with van der Waals surface area (Å²) >= 11 is 0. The number of fused-ring (bicyclic) bond motifs is 1. The van der Waals surface area contributed by atoms with Crippen LogP contribution < -0.4 is 0 Å². The molecule has 5 saturated carbocycles. The smallest absolute Gasteiger partial charge is 0.330 e. The zero-order chi connectivity index (χ0) is 73.5. The van der Waals surface area contributed by atoms with E-state index in [1.54, 1.807) is 0 Å². The van der Waals surface area contributed by atoms with E-state index in [9.17, 15) is 111 Å². The molecule has 18 unspecified atom stereocenters. The van der Waals surface area contributed by atoms with Gasteiger partial charge in [0.25, 0.3) is 0 Å². The number of aliphatic hydroxyl groups excluding tert-OH is 19. The first kappa shape index (κ1) is 81.0. The largest absolute Gasteiger partial charge is 0.460 e. The number of esters is 3. The topological polar surface area (TPSA) is 559 Å². The number of hydrogen-bond acceptors (Lipinski definition) is 34. The number of methoxy groups -OCH3 is 1. The highest BCUT2D eigenvalue weighted by Crippen LogP contribution is 2.44. The quantitative estimate of drug-likeness (QED) is 0.0196. The second-order valence-electron chi connectivity index (χ2n) is 29.0. The highest BCUT2D eigenvalue weighted by Gasteiger charge is 2.58. The van der Waals surface area contributed by atoms with Crippen LogP contribution >= 0.6 is 0 Å². The molecule has 0 aromatic heterocycles. The Labute approximate surface area is 587 Å². The van der Waals surface area contributed by atoms with Gasteiger partial charge in [-0.05, 0) is 101 Å². The van der Waals surface area contributed by atoms with Gasteiger partial charge in [-0.2, -0.15) is 0 Å². The van der Waals surface area contributed by atoms with Crippen molar-refractivity contribution in [3.63, 3.8) is 0 Å². The van der Waals surface area contributed by atoms with Gasteiger partial charge in [0.05, 0.1) is 73.6 Å². The van der Waals surface area contributed by atoms with Crippen molar-refractivity contribution >= 4 is 17.9 Å². The molecule has 0 radical (unpaired) electrons. The van der Waals surface area contributed by atoms with E-state index in [1.807, 2.05) is 0 Å². The molecule has 5 aliphatic heterocycles. The molecule has 38 atom stereocenters. The molecule has 5 saturated heterocycles. The maximum absolute atomic E-state index is 13.5.